The second kappa shape index (κ2) is 6.88. The first-order chi connectivity index (χ1) is 11.9. The van der Waals surface area contributed by atoms with Crippen molar-refractivity contribution in [2.45, 2.75) is 31.2 Å². The molecule has 1 amide bonds. The molecule has 2 atom stereocenters. The largest absolute Gasteiger partial charge is 0.392 e. The fourth-order valence-electron chi connectivity index (χ4n) is 2.97. The van der Waals surface area contributed by atoms with Crippen LogP contribution in [-0.4, -0.2) is 21.1 Å². The van der Waals surface area contributed by atoms with E-state index < -0.39 is 24.3 Å². The van der Waals surface area contributed by atoms with Gasteiger partial charge >= 0.3 is 0 Å². The van der Waals surface area contributed by atoms with E-state index in [1.54, 1.807) is 0 Å². The van der Waals surface area contributed by atoms with Gasteiger partial charge in [-0.25, -0.2) is 4.39 Å². The van der Waals surface area contributed by atoms with Gasteiger partial charge in [-0.15, -0.1) is 0 Å². The Morgan fingerprint density at radius 2 is 2.20 bits per heavy atom. The summed E-state index contributed by atoms with van der Waals surface area (Å²) < 4.78 is 15.6. The Bertz CT molecular complexity index is 834. The molecule has 25 heavy (non-hydrogen) atoms. The number of rotatable bonds is 3. The molecule has 0 spiro atoms. The topological polar surface area (TPSA) is 82.5 Å². The van der Waals surface area contributed by atoms with Gasteiger partial charge in [0, 0.05) is 22.3 Å². The molecule has 0 saturated heterocycles. The average Bonchev–Trinajstić information content (AvgIpc) is 2.60. The van der Waals surface area contributed by atoms with Crippen LogP contribution in [0.4, 0.5) is 10.1 Å². The van der Waals surface area contributed by atoms with Crippen molar-refractivity contribution in [1.82, 2.24) is 4.98 Å². The maximum Gasteiger partial charge on any atom is 0.266 e. The van der Waals surface area contributed by atoms with E-state index >= 15 is 4.39 Å². The van der Waals surface area contributed by atoms with Crippen LogP contribution < -0.4 is 5.32 Å². The monoisotopic (exact) mass is 384 g/mol. The van der Waals surface area contributed by atoms with E-state index in [-0.39, 0.29) is 45.4 Å². The molecular formula is C17H15Cl2FN2O3. The first kappa shape index (κ1) is 18.1. The third-order valence-corrected chi connectivity index (χ3v) is 4.77. The SMILES string of the molecule is O=C(Nc1c(Cl)cc(Cl)cc1CO)[C@]1(F)CC[C@@H](O)c2ncccc21. The van der Waals surface area contributed by atoms with Crippen LogP contribution in [0.25, 0.3) is 0 Å². The van der Waals surface area contributed by atoms with E-state index in [1.165, 1.54) is 30.5 Å². The Morgan fingerprint density at radius 3 is 2.92 bits per heavy atom. The lowest BCUT2D eigenvalue weighted by Crippen LogP contribution is -2.40. The molecule has 132 valence electrons. The molecule has 1 aromatic carbocycles. The number of hydrogen-bond donors (Lipinski definition) is 3. The van der Waals surface area contributed by atoms with Crippen molar-refractivity contribution in [3.63, 3.8) is 0 Å². The zero-order valence-electron chi connectivity index (χ0n) is 13.0. The zero-order valence-corrected chi connectivity index (χ0v) is 14.5. The van der Waals surface area contributed by atoms with Gasteiger partial charge in [-0.1, -0.05) is 29.3 Å². The maximum absolute atomic E-state index is 15.6. The highest BCUT2D eigenvalue weighted by Crippen LogP contribution is 2.43. The Kier molecular flexibility index (Phi) is 4.97. The Labute approximate surface area is 153 Å². The van der Waals surface area contributed by atoms with E-state index in [0.717, 1.165) is 0 Å². The number of alkyl halides is 1. The molecule has 0 saturated carbocycles. The highest BCUT2D eigenvalue weighted by Gasteiger charge is 2.47. The van der Waals surface area contributed by atoms with Gasteiger partial charge in [-0.2, -0.15) is 0 Å². The molecule has 1 aromatic heterocycles. The molecule has 3 rings (SSSR count). The standard InChI is InChI=1S/C17H15Cl2FN2O3/c18-10-6-9(8-23)14(12(19)7-10)22-16(25)17(20)4-3-13(24)15-11(17)2-1-5-21-15/h1-2,5-7,13,23-24H,3-4,8H2,(H,22,25)/t13-,17+/m1/s1. The number of fused-ring (bicyclic) bond motifs is 1. The smallest absolute Gasteiger partial charge is 0.266 e. The number of anilines is 1. The minimum Gasteiger partial charge on any atom is -0.392 e. The third-order valence-electron chi connectivity index (χ3n) is 4.25. The number of nitrogens with zero attached hydrogens (tertiary/aromatic N) is 1. The summed E-state index contributed by atoms with van der Waals surface area (Å²) in [5, 5.41) is 22.3. The lowest BCUT2D eigenvalue weighted by molar-refractivity contribution is -0.129. The number of aliphatic hydroxyl groups excluding tert-OH is 2. The van der Waals surface area contributed by atoms with Crippen LogP contribution in [-0.2, 0) is 17.1 Å². The second-order valence-electron chi connectivity index (χ2n) is 5.83. The minimum absolute atomic E-state index is 0.0295. The quantitative estimate of drug-likeness (QED) is 0.755. The lowest BCUT2D eigenvalue weighted by Gasteiger charge is -2.32. The number of aromatic nitrogens is 1. The number of hydrogen-bond acceptors (Lipinski definition) is 4. The molecule has 0 bridgehead atoms. The molecule has 5 nitrogen and oxygen atoms in total. The van der Waals surface area contributed by atoms with Crippen molar-refractivity contribution < 1.29 is 19.4 Å². The highest BCUT2D eigenvalue weighted by atomic mass is 35.5. The normalized spacial score (nSPS) is 22.4. The molecule has 0 fully saturated rings. The summed E-state index contributed by atoms with van der Waals surface area (Å²) in [7, 11) is 0. The summed E-state index contributed by atoms with van der Waals surface area (Å²) in [5.74, 6) is -0.937. The molecule has 1 aliphatic carbocycles. The number of carbonyl (C=O) groups excluding carboxylic acids is 1. The number of halogens is 3. The zero-order chi connectivity index (χ0) is 18.2. The molecule has 2 aromatic rings. The highest BCUT2D eigenvalue weighted by molar-refractivity contribution is 6.37. The van der Waals surface area contributed by atoms with Crippen LogP contribution in [0.1, 0.15) is 35.8 Å². The van der Waals surface area contributed by atoms with E-state index in [4.69, 9.17) is 23.2 Å². The predicted molar refractivity (Wildman–Crippen MR) is 92.2 cm³/mol. The van der Waals surface area contributed by atoms with Gasteiger partial charge in [0.15, 0.2) is 0 Å². The van der Waals surface area contributed by atoms with Gasteiger partial charge in [-0.3, -0.25) is 9.78 Å². The molecule has 1 aliphatic rings. The van der Waals surface area contributed by atoms with E-state index in [9.17, 15) is 15.0 Å². The molecule has 8 heteroatoms. The van der Waals surface area contributed by atoms with Crippen molar-refractivity contribution in [3.05, 3.63) is 57.3 Å². The first-order valence-corrected chi connectivity index (χ1v) is 8.35. The van der Waals surface area contributed by atoms with Crippen molar-refractivity contribution in [3.8, 4) is 0 Å². The van der Waals surface area contributed by atoms with Gasteiger partial charge < -0.3 is 15.5 Å². The van der Waals surface area contributed by atoms with Crippen LogP contribution in [0.2, 0.25) is 10.0 Å². The number of pyridine rings is 1. The van der Waals surface area contributed by atoms with Crippen molar-refractivity contribution >= 4 is 34.8 Å². The van der Waals surface area contributed by atoms with Crippen molar-refractivity contribution in [2.75, 3.05) is 5.32 Å². The van der Waals surface area contributed by atoms with Gasteiger partial charge in [0.1, 0.15) is 0 Å². The van der Waals surface area contributed by atoms with Crippen LogP contribution in [0.15, 0.2) is 30.5 Å². The fraction of sp³-hybridized carbons (Fsp3) is 0.294. The third kappa shape index (κ3) is 3.22. The van der Waals surface area contributed by atoms with Gasteiger partial charge in [0.2, 0.25) is 5.67 Å². The van der Waals surface area contributed by atoms with Crippen molar-refractivity contribution in [1.29, 1.82) is 0 Å². The Balaban J connectivity index is 1.99. The van der Waals surface area contributed by atoms with Crippen molar-refractivity contribution in [2.24, 2.45) is 0 Å². The summed E-state index contributed by atoms with van der Waals surface area (Å²) >= 11 is 12.0. The fourth-order valence-corrected chi connectivity index (χ4v) is 3.55. The predicted octanol–water partition coefficient (Wildman–Crippen LogP) is 3.51. The van der Waals surface area contributed by atoms with Gasteiger partial charge in [0.05, 0.1) is 29.1 Å². The molecule has 1 heterocycles. The summed E-state index contributed by atoms with van der Waals surface area (Å²) in [6, 6.07) is 5.77. The molecular weight excluding hydrogens is 370 g/mol. The number of nitrogens with one attached hydrogen (secondary N) is 1. The van der Waals surface area contributed by atoms with Crippen LogP contribution >= 0.6 is 23.2 Å². The molecule has 0 aliphatic heterocycles. The number of carbonyl (C=O) groups is 1. The van der Waals surface area contributed by atoms with E-state index in [2.05, 4.69) is 10.3 Å². The second-order valence-corrected chi connectivity index (χ2v) is 6.67. The molecule has 0 radical (unpaired) electrons. The average molecular weight is 385 g/mol. The first-order valence-electron chi connectivity index (χ1n) is 7.59. The van der Waals surface area contributed by atoms with Gasteiger partial charge in [0.25, 0.3) is 5.91 Å². The summed E-state index contributed by atoms with van der Waals surface area (Å²) in [4.78, 5) is 16.7. The molecule has 0 unspecified atom stereocenters. The Hall–Kier alpha value is -1.73. The number of amides is 1. The van der Waals surface area contributed by atoms with Gasteiger partial charge in [-0.05, 0) is 31.0 Å². The number of benzene rings is 1. The van der Waals surface area contributed by atoms with Crippen LogP contribution in [0, 0.1) is 0 Å². The summed E-state index contributed by atoms with van der Waals surface area (Å²) in [5.41, 5.74) is -1.81. The molecule has 3 N–H and O–H groups in total. The van der Waals surface area contributed by atoms with E-state index in [1.807, 2.05) is 0 Å². The van der Waals surface area contributed by atoms with Crippen LogP contribution in [0.5, 0.6) is 0 Å². The van der Waals surface area contributed by atoms with E-state index in [0.29, 0.717) is 0 Å². The lowest BCUT2D eigenvalue weighted by atomic mass is 9.81. The van der Waals surface area contributed by atoms with Crippen LogP contribution in [0.3, 0.4) is 0 Å². The maximum atomic E-state index is 15.6. The minimum atomic E-state index is -2.36. The Morgan fingerprint density at radius 1 is 1.44 bits per heavy atom. The summed E-state index contributed by atoms with van der Waals surface area (Å²) in [6.45, 7) is -0.425. The number of aliphatic hydroxyl groups is 2. The summed E-state index contributed by atoms with van der Waals surface area (Å²) in [6.07, 6.45) is 0.388.